The summed E-state index contributed by atoms with van der Waals surface area (Å²) in [5.41, 5.74) is 0. The quantitative estimate of drug-likeness (QED) is 0.796. The Morgan fingerprint density at radius 3 is 2.78 bits per heavy atom. The van der Waals surface area contributed by atoms with Gasteiger partial charge < -0.3 is 4.90 Å². The molecule has 5 heteroatoms. The monoisotopic (exact) mass is 281 g/mol. The standard InChI is InChI=1S/C13H16ClN3S/c1-3-9-7-10-11(17(4-2)8-5-6-8)15-13(14)16-12(10)18-9/h7-8H,3-6H2,1-2H3. The maximum Gasteiger partial charge on any atom is 0.225 e. The van der Waals surface area contributed by atoms with Gasteiger partial charge in [0.2, 0.25) is 5.28 Å². The van der Waals surface area contributed by atoms with Gasteiger partial charge in [0.05, 0.1) is 5.39 Å². The van der Waals surface area contributed by atoms with E-state index in [2.05, 4.69) is 34.8 Å². The molecule has 0 atom stereocenters. The van der Waals surface area contributed by atoms with Crippen LogP contribution in [0.3, 0.4) is 0 Å². The summed E-state index contributed by atoms with van der Waals surface area (Å²) in [5, 5.41) is 1.52. The molecule has 3 rings (SSSR count). The van der Waals surface area contributed by atoms with Crippen LogP contribution < -0.4 is 4.90 Å². The minimum absolute atomic E-state index is 0.362. The van der Waals surface area contributed by atoms with Crippen LogP contribution in [-0.4, -0.2) is 22.6 Å². The average Bonchev–Trinajstić information content (AvgIpc) is 3.09. The molecule has 0 aromatic carbocycles. The number of rotatable bonds is 4. The van der Waals surface area contributed by atoms with Gasteiger partial charge in [-0.3, -0.25) is 0 Å². The fourth-order valence-electron chi connectivity index (χ4n) is 2.29. The maximum atomic E-state index is 6.06. The lowest BCUT2D eigenvalue weighted by Crippen LogP contribution is -2.26. The highest BCUT2D eigenvalue weighted by atomic mass is 35.5. The summed E-state index contributed by atoms with van der Waals surface area (Å²) in [5.74, 6) is 1.02. The van der Waals surface area contributed by atoms with Gasteiger partial charge >= 0.3 is 0 Å². The Hall–Kier alpha value is -0.870. The number of thiophene rings is 1. The van der Waals surface area contributed by atoms with E-state index in [0.29, 0.717) is 11.3 Å². The number of aromatic nitrogens is 2. The van der Waals surface area contributed by atoms with Crippen LogP contribution >= 0.6 is 22.9 Å². The van der Waals surface area contributed by atoms with Gasteiger partial charge in [-0.25, -0.2) is 4.98 Å². The predicted octanol–water partition coefficient (Wildman–Crippen LogP) is 3.90. The average molecular weight is 282 g/mol. The Balaban J connectivity index is 2.16. The first kappa shape index (κ1) is 12.2. The molecule has 0 aliphatic heterocycles. The zero-order valence-electron chi connectivity index (χ0n) is 10.6. The lowest BCUT2D eigenvalue weighted by atomic mass is 10.3. The first-order chi connectivity index (χ1) is 8.72. The molecule has 2 heterocycles. The van der Waals surface area contributed by atoms with E-state index in [4.69, 9.17) is 11.6 Å². The van der Waals surface area contributed by atoms with E-state index >= 15 is 0 Å². The van der Waals surface area contributed by atoms with Crippen molar-refractivity contribution in [2.75, 3.05) is 11.4 Å². The van der Waals surface area contributed by atoms with Gasteiger partial charge in [-0.2, -0.15) is 4.98 Å². The van der Waals surface area contributed by atoms with Crippen molar-refractivity contribution in [3.05, 3.63) is 16.2 Å². The van der Waals surface area contributed by atoms with E-state index in [-0.39, 0.29) is 0 Å². The van der Waals surface area contributed by atoms with Crippen molar-refractivity contribution in [2.45, 2.75) is 39.2 Å². The number of hydrogen-bond donors (Lipinski definition) is 0. The number of aryl methyl sites for hydroxylation is 1. The highest BCUT2D eigenvalue weighted by molar-refractivity contribution is 7.18. The molecule has 0 spiro atoms. The highest BCUT2D eigenvalue weighted by Gasteiger charge is 2.30. The molecule has 0 unspecified atom stereocenters. The molecule has 2 aromatic rings. The van der Waals surface area contributed by atoms with Gasteiger partial charge in [0.15, 0.2) is 0 Å². The molecule has 0 saturated heterocycles. The van der Waals surface area contributed by atoms with Crippen LogP contribution in [0, 0.1) is 0 Å². The van der Waals surface area contributed by atoms with Crippen LogP contribution in [-0.2, 0) is 6.42 Å². The van der Waals surface area contributed by atoms with E-state index in [9.17, 15) is 0 Å². The molecule has 1 aliphatic rings. The van der Waals surface area contributed by atoms with Crippen molar-refractivity contribution < 1.29 is 0 Å². The summed E-state index contributed by atoms with van der Waals surface area (Å²) in [6, 6.07) is 2.87. The lowest BCUT2D eigenvalue weighted by molar-refractivity contribution is 0.811. The zero-order chi connectivity index (χ0) is 12.7. The second-order valence-electron chi connectivity index (χ2n) is 4.62. The third-order valence-electron chi connectivity index (χ3n) is 3.35. The molecule has 3 nitrogen and oxygen atoms in total. The summed E-state index contributed by atoms with van der Waals surface area (Å²) in [6.45, 7) is 5.32. The van der Waals surface area contributed by atoms with Crippen molar-refractivity contribution in [2.24, 2.45) is 0 Å². The molecule has 0 radical (unpaired) electrons. The maximum absolute atomic E-state index is 6.06. The summed E-state index contributed by atoms with van der Waals surface area (Å²) in [4.78, 5) is 13.5. The fourth-order valence-corrected chi connectivity index (χ4v) is 3.47. The van der Waals surface area contributed by atoms with Gasteiger partial charge in [-0.1, -0.05) is 6.92 Å². The van der Waals surface area contributed by atoms with Gasteiger partial charge in [0.1, 0.15) is 10.6 Å². The summed E-state index contributed by atoms with van der Waals surface area (Å²) in [7, 11) is 0. The van der Waals surface area contributed by atoms with Gasteiger partial charge in [-0.15, -0.1) is 11.3 Å². The number of fused-ring (bicyclic) bond motifs is 1. The van der Waals surface area contributed by atoms with Crippen LogP contribution in [0.15, 0.2) is 6.07 Å². The van der Waals surface area contributed by atoms with Crippen molar-refractivity contribution in [1.29, 1.82) is 0 Å². The Bertz CT molecular complexity index is 577. The van der Waals surface area contributed by atoms with Crippen LogP contribution in [0.25, 0.3) is 10.2 Å². The van der Waals surface area contributed by atoms with Crippen LogP contribution in [0.5, 0.6) is 0 Å². The largest absolute Gasteiger partial charge is 0.353 e. The summed E-state index contributed by atoms with van der Waals surface area (Å²) in [6.07, 6.45) is 3.57. The van der Waals surface area contributed by atoms with E-state index < -0.39 is 0 Å². The minimum atomic E-state index is 0.362. The van der Waals surface area contributed by atoms with Crippen molar-refractivity contribution in [3.8, 4) is 0 Å². The van der Waals surface area contributed by atoms with Gasteiger partial charge in [0.25, 0.3) is 0 Å². The van der Waals surface area contributed by atoms with Gasteiger partial charge in [-0.05, 0) is 43.9 Å². The van der Waals surface area contributed by atoms with E-state index in [1.165, 1.54) is 17.7 Å². The van der Waals surface area contributed by atoms with E-state index in [1.54, 1.807) is 11.3 Å². The topological polar surface area (TPSA) is 29.0 Å². The van der Waals surface area contributed by atoms with Crippen LogP contribution in [0.4, 0.5) is 5.82 Å². The third-order valence-corrected chi connectivity index (χ3v) is 4.69. The van der Waals surface area contributed by atoms with Crippen molar-refractivity contribution in [1.82, 2.24) is 9.97 Å². The second kappa shape index (κ2) is 4.67. The Kier molecular flexibility index (Phi) is 3.16. The predicted molar refractivity (Wildman–Crippen MR) is 77.8 cm³/mol. The molecule has 0 amide bonds. The number of anilines is 1. The Labute approximate surface area is 116 Å². The number of halogens is 1. The van der Waals surface area contributed by atoms with Crippen molar-refractivity contribution in [3.63, 3.8) is 0 Å². The lowest BCUT2D eigenvalue weighted by Gasteiger charge is -2.22. The molecule has 2 aromatic heterocycles. The molecular weight excluding hydrogens is 266 g/mol. The summed E-state index contributed by atoms with van der Waals surface area (Å²) < 4.78 is 0. The molecule has 18 heavy (non-hydrogen) atoms. The van der Waals surface area contributed by atoms with Gasteiger partial charge in [0, 0.05) is 17.5 Å². The SMILES string of the molecule is CCc1cc2c(N(CC)C3CC3)nc(Cl)nc2s1. The minimum Gasteiger partial charge on any atom is -0.353 e. The normalized spacial score (nSPS) is 15.3. The molecule has 1 fully saturated rings. The molecule has 96 valence electrons. The third kappa shape index (κ3) is 2.08. The number of nitrogens with zero attached hydrogens (tertiary/aromatic N) is 3. The first-order valence-electron chi connectivity index (χ1n) is 6.45. The van der Waals surface area contributed by atoms with E-state index in [0.717, 1.165) is 29.0 Å². The molecule has 0 N–H and O–H groups in total. The molecular formula is C13H16ClN3S. The number of hydrogen-bond acceptors (Lipinski definition) is 4. The smallest absolute Gasteiger partial charge is 0.225 e. The fraction of sp³-hybridized carbons (Fsp3) is 0.538. The first-order valence-corrected chi connectivity index (χ1v) is 7.65. The van der Waals surface area contributed by atoms with Crippen LogP contribution in [0.1, 0.15) is 31.6 Å². The Morgan fingerprint density at radius 2 is 2.17 bits per heavy atom. The second-order valence-corrected chi connectivity index (χ2v) is 6.07. The molecule has 1 saturated carbocycles. The molecule has 1 aliphatic carbocycles. The Morgan fingerprint density at radius 1 is 1.39 bits per heavy atom. The van der Waals surface area contributed by atoms with Crippen LogP contribution in [0.2, 0.25) is 5.28 Å². The van der Waals surface area contributed by atoms with Crippen molar-refractivity contribution >= 4 is 39.0 Å². The molecule has 0 bridgehead atoms. The summed E-state index contributed by atoms with van der Waals surface area (Å²) >= 11 is 7.78. The van der Waals surface area contributed by atoms with E-state index in [1.807, 2.05) is 0 Å². The zero-order valence-corrected chi connectivity index (χ0v) is 12.2. The highest BCUT2D eigenvalue weighted by Crippen LogP contribution is 2.37.